The Morgan fingerprint density at radius 3 is 2.60 bits per heavy atom. The fraction of sp³-hybridized carbons (Fsp3) is 0.0833. The van der Waals surface area contributed by atoms with Crippen LogP contribution >= 0.6 is 0 Å². The van der Waals surface area contributed by atoms with E-state index in [1.165, 1.54) is 25.3 Å². The summed E-state index contributed by atoms with van der Waals surface area (Å²) < 4.78 is 18.4. The molecule has 0 unspecified atom stereocenters. The maximum atomic E-state index is 13.6. The van der Waals surface area contributed by atoms with Crippen molar-refractivity contribution in [2.24, 2.45) is 5.73 Å². The molecule has 1 aromatic rings. The molecule has 0 atom stereocenters. The fourth-order valence-corrected chi connectivity index (χ4v) is 1.20. The second-order valence-electron chi connectivity index (χ2n) is 3.44. The smallest absolute Gasteiger partial charge is 0.324 e. The second kappa shape index (κ2) is 6.61. The van der Waals surface area contributed by atoms with Gasteiger partial charge in [0, 0.05) is 6.07 Å². The van der Waals surface area contributed by atoms with Gasteiger partial charge in [0.1, 0.15) is 29.4 Å². The third-order valence-corrected chi connectivity index (χ3v) is 2.16. The number of nitrogens with two attached hydrogens (primary N) is 1. The van der Waals surface area contributed by atoms with Gasteiger partial charge in [0.15, 0.2) is 5.70 Å². The number of carbonyl (C=O) groups is 1. The minimum absolute atomic E-state index is 0.115. The van der Waals surface area contributed by atoms with Crippen LogP contribution in [0.3, 0.4) is 0 Å². The van der Waals surface area contributed by atoms with E-state index in [1.807, 2.05) is 5.32 Å². The highest BCUT2D eigenvalue weighted by molar-refractivity contribution is 5.91. The van der Waals surface area contributed by atoms with Crippen molar-refractivity contribution >= 4 is 11.7 Å². The van der Waals surface area contributed by atoms with E-state index < -0.39 is 23.2 Å². The van der Waals surface area contributed by atoms with E-state index in [-0.39, 0.29) is 5.69 Å². The first kappa shape index (κ1) is 14.8. The highest BCUT2D eigenvalue weighted by Crippen LogP contribution is 2.20. The van der Waals surface area contributed by atoms with Crippen LogP contribution in [0.15, 0.2) is 29.6 Å². The van der Waals surface area contributed by atoms with Crippen molar-refractivity contribution in [2.75, 3.05) is 12.4 Å². The maximum absolute atomic E-state index is 13.6. The second-order valence-corrected chi connectivity index (χ2v) is 3.44. The zero-order valence-electron chi connectivity index (χ0n) is 10.4. The number of nitrogens with one attached hydrogen (secondary N) is 2. The monoisotopic (exact) mass is 275 g/mol. The van der Waals surface area contributed by atoms with Crippen LogP contribution in [0.2, 0.25) is 0 Å². The number of ether oxygens (including phenoxy) is 1. The number of nitrogens with zero attached hydrogens (tertiary/aromatic N) is 2. The van der Waals surface area contributed by atoms with Crippen LogP contribution in [0.1, 0.15) is 0 Å². The lowest BCUT2D eigenvalue weighted by atomic mass is 10.3. The molecular formula is C12H10FN5O2. The van der Waals surface area contributed by atoms with E-state index in [4.69, 9.17) is 21.0 Å². The molecular weight excluding hydrogens is 265 g/mol. The average Bonchev–Trinajstić information content (AvgIpc) is 2.45. The average molecular weight is 275 g/mol. The topological polar surface area (TPSA) is 124 Å². The van der Waals surface area contributed by atoms with Crippen LogP contribution < -0.4 is 21.1 Å². The van der Waals surface area contributed by atoms with Gasteiger partial charge in [-0.3, -0.25) is 5.32 Å². The number of anilines is 1. The molecule has 0 radical (unpaired) electrons. The molecule has 4 N–H and O–H groups in total. The van der Waals surface area contributed by atoms with Gasteiger partial charge in [0.05, 0.1) is 12.8 Å². The summed E-state index contributed by atoms with van der Waals surface area (Å²) in [5, 5.41) is 21.4. The first-order valence-corrected chi connectivity index (χ1v) is 5.23. The van der Waals surface area contributed by atoms with Gasteiger partial charge in [-0.2, -0.15) is 10.5 Å². The summed E-state index contributed by atoms with van der Waals surface area (Å²) in [4.78, 5) is 11.5. The number of benzene rings is 1. The summed E-state index contributed by atoms with van der Waals surface area (Å²) in [7, 11) is 1.38. The van der Waals surface area contributed by atoms with Gasteiger partial charge >= 0.3 is 6.03 Å². The summed E-state index contributed by atoms with van der Waals surface area (Å²) in [5.41, 5.74) is 4.22. The predicted molar refractivity (Wildman–Crippen MR) is 67.5 cm³/mol. The lowest BCUT2D eigenvalue weighted by Gasteiger charge is -2.08. The molecule has 0 saturated carbocycles. The Labute approximate surface area is 114 Å². The summed E-state index contributed by atoms with van der Waals surface area (Å²) in [5.74, 6) is -0.421. The van der Waals surface area contributed by atoms with Gasteiger partial charge in [-0.1, -0.05) is 0 Å². The summed E-state index contributed by atoms with van der Waals surface area (Å²) in [6, 6.07) is 5.98. The number of hydrogen-bond donors (Lipinski definition) is 3. The molecule has 1 aromatic carbocycles. The molecule has 0 aliphatic carbocycles. The van der Waals surface area contributed by atoms with Crippen LogP contribution in [0.4, 0.5) is 14.9 Å². The van der Waals surface area contributed by atoms with E-state index >= 15 is 0 Å². The van der Waals surface area contributed by atoms with E-state index in [9.17, 15) is 9.18 Å². The Morgan fingerprint density at radius 1 is 1.40 bits per heavy atom. The van der Waals surface area contributed by atoms with Crippen molar-refractivity contribution in [2.45, 2.75) is 0 Å². The number of allylic oxidation sites excluding steroid dienone is 2. The molecule has 0 aliphatic heterocycles. The SMILES string of the molecule is COc1ccc(NC(=O)N/C(C#N)=C(/N)C#N)c(F)c1. The molecule has 0 bridgehead atoms. The molecule has 2 amide bonds. The number of rotatable bonds is 3. The van der Waals surface area contributed by atoms with Gasteiger partial charge in [0.2, 0.25) is 0 Å². The van der Waals surface area contributed by atoms with Gasteiger partial charge < -0.3 is 15.8 Å². The van der Waals surface area contributed by atoms with E-state index in [1.54, 1.807) is 6.07 Å². The third-order valence-electron chi connectivity index (χ3n) is 2.16. The molecule has 8 heteroatoms. The van der Waals surface area contributed by atoms with Gasteiger partial charge in [0.25, 0.3) is 0 Å². The Hall–Kier alpha value is -3.26. The van der Waals surface area contributed by atoms with Crippen LogP contribution in [-0.4, -0.2) is 13.1 Å². The third kappa shape index (κ3) is 3.62. The number of halogens is 1. The van der Waals surface area contributed by atoms with Crippen molar-refractivity contribution in [1.29, 1.82) is 10.5 Å². The van der Waals surface area contributed by atoms with Crippen molar-refractivity contribution in [3.8, 4) is 17.9 Å². The molecule has 0 spiro atoms. The molecule has 0 saturated heterocycles. The minimum atomic E-state index is -0.899. The molecule has 7 nitrogen and oxygen atoms in total. The number of methoxy groups -OCH3 is 1. The van der Waals surface area contributed by atoms with Crippen molar-refractivity contribution in [3.05, 3.63) is 35.4 Å². The Morgan fingerprint density at radius 2 is 2.10 bits per heavy atom. The van der Waals surface area contributed by atoms with Crippen LogP contribution in [0, 0.1) is 28.5 Å². The van der Waals surface area contributed by atoms with Gasteiger partial charge in [-0.15, -0.1) is 0 Å². The lowest BCUT2D eigenvalue weighted by molar-refractivity contribution is 0.254. The number of amides is 2. The number of carbonyl (C=O) groups excluding carboxylic acids is 1. The molecule has 0 aliphatic rings. The number of hydrogen-bond acceptors (Lipinski definition) is 5. The quantitative estimate of drug-likeness (QED) is 0.714. The zero-order chi connectivity index (χ0) is 15.1. The largest absolute Gasteiger partial charge is 0.497 e. The number of nitriles is 2. The highest BCUT2D eigenvalue weighted by Gasteiger charge is 2.11. The Kier molecular flexibility index (Phi) is 4.89. The van der Waals surface area contributed by atoms with Crippen molar-refractivity contribution in [1.82, 2.24) is 5.32 Å². The van der Waals surface area contributed by atoms with E-state index in [0.717, 1.165) is 6.07 Å². The van der Waals surface area contributed by atoms with E-state index in [0.29, 0.717) is 5.75 Å². The minimum Gasteiger partial charge on any atom is -0.497 e. The first-order chi connectivity index (χ1) is 9.51. The first-order valence-electron chi connectivity index (χ1n) is 5.23. The van der Waals surface area contributed by atoms with Crippen molar-refractivity contribution in [3.63, 3.8) is 0 Å². The molecule has 0 aromatic heterocycles. The maximum Gasteiger partial charge on any atom is 0.324 e. The van der Waals surface area contributed by atoms with Crippen LogP contribution in [0.5, 0.6) is 5.75 Å². The molecule has 0 fully saturated rings. The zero-order valence-corrected chi connectivity index (χ0v) is 10.4. The molecule has 0 heterocycles. The van der Waals surface area contributed by atoms with Crippen LogP contribution in [-0.2, 0) is 0 Å². The Balaban J connectivity index is 2.83. The summed E-state index contributed by atoms with van der Waals surface area (Å²) in [6.07, 6.45) is 0. The lowest BCUT2D eigenvalue weighted by Crippen LogP contribution is -2.29. The van der Waals surface area contributed by atoms with Crippen LogP contribution in [0.25, 0.3) is 0 Å². The Bertz CT molecular complexity index is 642. The number of urea groups is 1. The van der Waals surface area contributed by atoms with Crippen molar-refractivity contribution < 1.29 is 13.9 Å². The van der Waals surface area contributed by atoms with E-state index in [2.05, 4.69) is 5.32 Å². The molecule has 1 rings (SSSR count). The fourth-order valence-electron chi connectivity index (χ4n) is 1.20. The summed E-state index contributed by atoms with van der Waals surface area (Å²) in [6.45, 7) is 0. The standard InChI is InChI=1S/C12H10FN5O2/c1-20-7-2-3-10(8(13)4-7)17-12(19)18-11(6-15)9(16)5-14/h2-4H,16H2,1H3,(H2,17,18,19)/b11-9+. The predicted octanol–water partition coefficient (Wildman–Crippen LogP) is 1.17. The molecule has 20 heavy (non-hydrogen) atoms. The molecule has 102 valence electrons. The van der Waals surface area contributed by atoms with Gasteiger partial charge in [-0.25, -0.2) is 9.18 Å². The highest BCUT2D eigenvalue weighted by atomic mass is 19.1. The normalized spacial score (nSPS) is 10.6. The van der Waals surface area contributed by atoms with Gasteiger partial charge in [-0.05, 0) is 12.1 Å². The summed E-state index contributed by atoms with van der Waals surface area (Å²) >= 11 is 0.